The molecule has 1 aliphatic rings. The maximum Gasteiger partial charge on any atom is 0.282 e. The summed E-state index contributed by atoms with van der Waals surface area (Å²) >= 11 is 1.51. The molecule has 0 atom stereocenters. The fourth-order valence-electron chi connectivity index (χ4n) is 4.47. The standard InChI is InChI=1S/C30H25N2OPS/c1-22-18-20-23(21-19-22)28-31-29(33)27(30(32-28)35-2)34(24-12-6-3-7-13-24,25-14-8-4-9-15-25)26-16-10-5-11-17-26/h3-21H,1-2H3. The molecule has 0 saturated carbocycles. The SMILES string of the molecule is CSC1=NC(c2ccc(C)cc2)=NC(=O)C1=P(c1ccccc1)(c1ccccc1)c1ccccc1. The van der Waals surface area contributed by atoms with Crippen molar-refractivity contribution in [2.75, 3.05) is 6.26 Å². The van der Waals surface area contributed by atoms with Crippen LogP contribution in [0.4, 0.5) is 0 Å². The fourth-order valence-corrected chi connectivity index (χ4v) is 9.81. The van der Waals surface area contributed by atoms with E-state index >= 15 is 0 Å². The molecule has 172 valence electrons. The molecule has 5 rings (SSSR count). The highest BCUT2D eigenvalue weighted by molar-refractivity contribution is 8.18. The number of amides is 1. The molecule has 0 spiro atoms. The number of thioether (sulfide) groups is 1. The van der Waals surface area contributed by atoms with Crippen LogP contribution in [0.25, 0.3) is 0 Å². The van der Waals surface area contributed by atoms with E-state index in [-0.39, 0.29) is 5.91 Å². The minimum absolute atomic E-state index is 0.218. The molecule has 3 nitrogen and oxygen atoms in total. The van der Waals surface area contributed by atoms with Gasteiger partial charge in [-0.2, -0.15) is 4.99 Å². The Kier molecular flexibility index (Phi) is 6.68. The van der Waals surface area contributed by atoms with Gasteiger partial charge >= 0.3 is 0 Å². The first-order chi connectivity index (χ1) is 17.1. The lowest BCUT2D eigenvalue weighted by Crippen LogP contribution is -2.38. The van der Waals surface area contributed by atoms with Crippen molar-refractivity contribution in [1.82, 2.24) is 0 Å². The van der Waals surface area contributed by atoms with Crippen molar-refractivity contribution in [3.05, 3.63) is 126 Å². The summed E-state index contributed by atoms with van der Waals surface area (Å²) in [5.41, 5.74) is 2.00. The average Bonchev–Trinajstić information content (AvgIpc) is 2.92. The molecule has 1 amide bonds. The summed E-state index contributed by atoms with van der Waals surface area (Å²) in [6, 6.07) is 39.1. The summed E-state index contributed by atoms with van der Waals surface area (Å²) in [5, 5.41) is 4.74. The van der Waals surface area contributed by atoms with Crippen LogP contribution in [0, 0.1) is 6.92 Å². The largest absolute Gasteiger partial charge is 0.282 e. The summed E-state index contributed by atoms with van der Waals surface area (Å²) in [5.74, 6) is 0.250. The van der Waals surface area contributed by atoms with Crippen LogP contribution in [0.15, 0.2) is 125 Å². The average molecular weight is 493 g/mol. The molecule has 4 aromatic carbocycles. The lowest BCUT2D eigenvalue weighted by molar-refractivity contribution is -0.111. The van der Waals surface area contributed by atoms with Gasteiger partial charge in [0.2, 0.25) is 0 Å². The number of aliphatic imine (C=N–C) groups is 2. The number of nitrogens with zero attached hydrogens (tertiary/aromatic N) is 2. The zero-order chi connectivity index (χ0) is 24.3. The Morgan fingerprint density at radius 1 is 0.629 bits per heavy atom. The third-order valence-electron chi connectivity index (χ3n) is 6.09. The van der Waals surface area contributed by atoms with Crippen LogP contribution in [-0.2, 0) is 4.79 Å². The predicted molar refractivity (Wildman–Crippen MR) is 154 cm³/mol. The Morgan fingerprint density at radius 3 is 1.51 bits per heavy atom. The van der Waals surface area contributed by atoms with Crippen LogP contribution in [0.2, 0.25) is 0 Å². The normalized spacial score (nSPS) is 13.9. The Morgan fingerprint density at radius 2 is 1.09 bits per heavy atom. The molecule has 1 aliphatic heterocycles. The molecule has 0 fully saturated rings. The Balaban J connectivity index is 1.91. The molecule has 1 heterocycles. The van der Waals surface area contributed by atoms with Gasteiger partial charge < -0.3 is 0 Å². The summed E-state index contributed by atoms with van der Waals surface area (Å²) in [6.07, 6.45) is 1.99. The number of carbonyl (C=O) groups excluding carboxylic acids is 1. The minimum Gasteiger partial charge on any atom is -0.267 e. The Bertz CT molecular complexity index is 1370. The monoisotopic (exact) mass is 492 g/mol. The van der Waals surface area contributed by atoms with Gasteiger partial charge in [0.1, 0.15) is 5.04 Å². The number of carbonyl (C=O) groups is 1. The summed E-state index contributed by atoms with van der Waals surface area (Å²) in [6.45, 7) is -0.535. The number of rotatable bonds is 4. The van der Waals surface area contributed by atoms with Crippen molar-refractivity contribution in [2.24, 2.45) is 9.98 Å². The zero-order valence-electron chi connectivity index (χ0n) is 19.6. The van der Waals surface area contributed by atoms with E-state index in [1.165, 1.54) is 11.8 Å². The molecule has 0 aromatic heterocycles. The quantitative estimate of drug-likeness (QED) is 0.367. The van der Waals surface area contributed by atoms with E-state index in [0.29, 0.717) is 11.1 Å². The van der Waals surface area contributed by atoms with Gasteiger partial charge in [0.05, 0.1) is 5.29 Å². The highest BCUT2D eigenvalue weighted by Gasteiger charge is 2.37. The van der Waals surface area contributed by atoms with Crippen molar-refractivity contribution < 1.29 is 4.79 Å². The van der Waals surface area contributed by atoms with Crippen molar-refractivity contribution in [3.63, 3.8) is 0 Å². The first-order valence-corrected chi connectivity index (χ1v) is 14.4. The fraction of sp³-hybridized carbons (Fsp3) is 0.0667. The first-order valence-electron chi connectivity index (χ1n) is 11.4. The molecular formula is C30H25N2OPS. The van der Waals surface area contributed by atoms with Gasteiger partial charge in [-0.15, -0.1) is 11.8 Å². The molecule has 0 radical (unpaired) electrons. The van der Waals surface area contributed by atoms with Gasteiger partial charge in [-0.3, -0.25) is 4.79 Å². The second kappa shape index (κ2) is 10.0. The maximum atomic E-state index is 14.1. The first kappa shape index (κ1) is 23.3. The highest BCUT2D eigenvalue weighted by Crippen LogP contribution is 2.47. The smallest absolute Gasteiger partial charge is 0.267 e. The minimum atomic E-state index is -2.57. The topological polar surface area (TPSA) is 41.8 Å². The number of hydrogen-bond acceptors (Lipinski definition) is 3. The van der Waals surface area contributed by atoms with E-state index in [4.69, 9.17) is 4.99 Å². The lowest BCUT2D eigenvalue weighted by atomic mass is 10.1. The number of aryl methyl sites for hydroxylation is 1. The van der Waals surface area contributed by atoms with Crippen molar-refractivity contribution in [3.8, 4) is 0 Å². The van der Waals surface area contributed by atoms with Crippen LogP contribution in [0.5, 0.6) is 0 Å². The summed E-state index contributed by atoms with van der Waals surface area (Å²) in [4.78, 5) is 23.6. The Hall–Kier alpha value is -3.46. The molecule has 0 N–H and O–H groups in total. The summed E-state index contributed by atoms with van der Waals surface area (Å²) in [7, 11) is 0. The molecule has 0 saturated heterocycles. The van der Waals surface area contributed by atoms with Crippen molar-refractivity contribution in [2.45, 2.75) is 6.92 Å². The van der Waals surface area contributed by atoms with E-state index < -0.39 is 6.89 Å². The highest BCUT2D eigenvalue weighted by atomic mass is 32.2. The van der Waals surface area contributed by atoms with Gasteiger partial charge in [-0.1, -0.05) is 121 Å². The van der Waals surface area contributed by atoms with Crippen molar-refractivity contribution >= 4 is 56.6 Å². The van der Waals surface area contributed by atoms with Crippen LogP contribution in [-0.4, -0.2) is 28.3 Å². The van der Waals surface area contributed by atoms with Gasteiger partial charge in [-0.05, 0) is 36.0 Å². The number of benzene rings is 4. The van der Waals surface area contributed by atoms with E-state index in [2.05, 4.69) is 41.4 Å². The maximum absolute atomic E-state index is 14.1. The van der Waals surface area contributed by atoms with E-state index in [1.807, 2.05) is 92.0 Å². The number of hydrogen-bond donors (Lipinski definition) is 0. The van der Waals surface area contributed by atoms with Crippen LogP contribution in [0.3, 0.4) is 0 Å². The van der Waals surface area contributed by atoms with Gasteiger partial charge in [0.15, 0.2) is 5.84 Å². The van der Waals surface area contributed by atoms with Gasteiger partial charge in [0.25, 0.3) is 5.91 Å². The van der Waals surface area contributed by atoms with Gasteiger partial charge in [0, 0.05) is 5.56 Å². The van der Waals surface area contributed by atoms with E-state index in [1.54, 1.807) is 0 Å². The van der Waals surface area contributed by atoms with Crippen LogP contribution < -0.4 is 15.9 Å². The molecule has 0 unspecified atom stereocenters. The molecule has 5 heteroatoms. The molecular weight excluding hydrogens is 467 g/mol. The van der Waals surface area contributed by atoms with E-state index in [0.717, 1.165) is 32.1 Å². The Labute approximate surface area is 210 Å². The summed E-state index contributed by atoms with van der Waals surface area (Å²) < 4.78 is 0. The van der Waals surface area contributed by atoms with E-state index in [9.17, 15) is 4.79 Å². The molecule has 35 heavy (non-hydrogen) atoms. The van der Waals surface area contributed by atoms with Crippen molar-refractivity contribution in [1.29, 1.82) is 0 Å². The molecule has 0 aliphatic carbocycles. The van der Waals surface area contributed by atoms with Crippen LogP contribution >= 0.6 is 18.6 Å². The zero-order valence-corrected chi connectivity index (χ0v) is 21.3. The molecule has 4 aromatic rings. The lowest BCUT2D eigenvalue weighted by Gasteiger charge is -2.32. The third kappa shape index (κ3) is 4.25. The predicted octanol–water partition coefficient (Wildman–Crippen LogP) is 5.21. The second-order valence-electron chi connectivity index (χ2n) is 8.25. The third-order valence-corrected chi connectivity index (χ3v) is 11.2. The van der Waals surface area contributed by atoms with Crippen LogP contribution in [0.1, 0.15) is 11.1 Å². The van der Waals surface area contributed by atoms with Gasteiger partial charge in [-0.25, -0.2) is 4.99 Å². The second-order valence-corrected chi connectivity index (χ2v) is 12.4. The number of amidine groups is 1. The molecule has 0 bridgehead atoms.